The molecule has 0 atom stereocenters. The van der Waals surface area contributed by atoms with E-state index < -0.39 is 10.0 Å². The number of hydrogen-bond donors (Lipinski definition) is 1. The van der Waals surface area contributed by atoms with Crippen molar-refractivity contribution in [2.75, 3.05) is 22.8 Å². The van der Waals surface area contributed by atoms with Crippen LogP contribution in [0, 0.1) is 0 Å². The third-order valence-electron chi connectivity index (χ3n) is 5.03. The zero-order valence-electron chi connectivity index (χ0n) is 18.3. The fourth-order valence-electron chi connectivity index (χ4n) is 3.39. The lowest BCUT2D eigenvalue weighted by Crippen LogP contribution is -2.30. The fraction of sp³-hybridized carbons (Fsp3) is 0.115. The summed E-state index contributed by atoms with van der Waals surface area (Å²) in [4.78, 5) is 4.05. The van der Waals surface area contributed by atoms with E-state index >= 15 is 0 Å². The Labute approximate surface area is 204 Å². The first kappa shape index (κ1) is 23.6. The molecule has 0 aliphatic heterocycles. The van der Waals surface area contributed by atoms with E-state index in [1.807, 2.05) is 60.7 Å². The fourth-order valence-corrected chi connectivity index (χ4v) is 5.19. The Morgan fingerprint density at radius 1 is 0.882 bits per heavy atom. The van der Waals surface area contributed by atoms with Crippen LogP contribution in [0.4, 0.5) is 11.4 Å². The Hall–Kier alpha value is -3.55. The van der Waals surface area contributed by atoms with E-state index in [4.69, 9.17) is 16.3 Å². The molecule has 0 spiro atoms. The maximum absolute atomic E-state index is 13.8. The van der Waals surface area contributed by atoms with Crippen LogP contribution < -0.4 is 14.4 Å². The summed E-state index contributed by atoms with van der Waals surface area (Å²) in [5.41, 5.74) is 2.36. The van der Waals surface area contributed by atoms with E-state index in [0.29, 0.717) is 24.6 Å². The summed E-state index contributed by atoms with van der Waals surface area (Å²) in [5, 5.41) is 3.50. The van der Waals surface area contributed by atoms with Crippen LogP contribution in [0.15, 0.2) is 108 Å². The standard InChI is InChI=1S/C26H24ClN3O3S/c27-22-17-25(33-16-15-29-23-11-13-28-14-12-23)19-26(18-22)34(31,32)30(24-9-5-2-6-10-24)20-21-7-3-1-4-8-21/h1-14,17-19H,15-16,20H2,(H,28,29). The second-order valence-electron chi connectivity index (χ2n) is 7.47. The molecular formula is C26H24ClN3O3S. The van der Waals surface area contributed by atoms with Crippen molar-refractivity contribution in [3.63, 3.8) is 0 Å². The van der Waals surface area contributed by atoms with Crippen LogP contribution in [-0.4, -0.2) is 26.6 Å². The summed E-state index contributed by atoms with van der Waals surface area (Å²) in [6.45, 7) is 1.04. The molecule has 6 nitrogen and oxygen atoms in total. The van der Waals surface area contributed by atoms with Crippen molar-refractivity contribution < 1.29 is 13.2 Å². The van der Waals surface area contributed by atoms with Gasteiger partial charge in [0.25, 0.3) is 10.0 Å². The van der Waals surface area contributed by atoms with Gasteiger partial charge in [0.15, 0.2) is 0 Å². The van der Waals surface area contributed by atoms with Crippen molar-refractivity contribution in [3.05, 3.63) is 114 Å². The predicted octanol–water partition coefficient (Wildman–Crippen LogP) is 5.62. The van der Waals surface area contributed by atoms with Gasteiger partial charge >= 0.3 is 0 Å². The van der Waals surface area contributed by atoms with E-state index in [0.717, 1.165) is 11.3 Å². The molecule has 0 fully saturated rings. The molecule has 8 heteroatoms. The van der Waals surface area contributed by atoms with E-state index in [-0.39, 0.29) is 16.5 Å². The average Bonchev–Trinajstić information content (AvgIpc) is 2.86. The van der Waals surface area contributed by atoms with Crippen molar-refractivity contribution in [1.82, 2.24) is 4.98 Å². The van der Waals surface area contributed by atoms with Crippen LogP contribution in [0.5, 0.6) is 5.75 Å². The second-order valence-corrected chi connectivity index (χ2v) is 9.77. The molecule has 1 aromatic heterocycles. The molecule has 0 radical (unpaired) electrons. The Balaban J connectivity index is 1.56. The smallest absolute Gasteiger partial charge is 0.264 e. The first-order chi connectivity index (χ1) is 16.5. The van der Waals surface area contributed by atoms with Crippen molar-refractivity contribution in [1.29, 1.82) is 0 Å². The molecular weight excluding hydrogens is 470 g/mol. The van der Waals surface area contributed by atoms with Crippen LogP contribution in [0.25, 0.3) is 0 Å². The zero-order chi connectivity index (χ0) is 23.8. The van der Waals surface area contributed by atoms with Gasteiger partial charge in [-0.05, 0) is 42.0 Å². The Bertz CT molecular complexity index is 1310. The summed E-state index contributed by atoms with van der Waals surface area (Å²) in [7, 11) is -3.92. The van der Waals surface area contributed by atoms with Crippen LogP contribution in [-0.2, 0) is 16.6 Å². The Kier molecular flexibility index (Phi) is 7.67. The number of anilines is 2. The number of nitrogens with zero attached hydrogens (tertiary/aromatic N) is 2. The van der Waals surface area contributed by atoms with Crippen LogP contribution in [0.3, 0.4) is 0 Å². The first-order valence-electron chi connectivity index (χ1n) is 10.7. The number of nitrogens with one attached hydrogen (secondary N) is 1. The van der Waals surface area contributed by atoms with Gasteiger partial charge in [-0.1, -0.05) is 60.1 Å². The molecule has 3 aromatic carbocycles. The number of pyridine rings is 1. The number of rotatable bonds is 10. The average molecular weight is 494 g/mol. The minimum absolute atomic E-state index is 0.0666. The number of hydrogen-bond acceptors (Lipinski definition) is 5. The van der Waals surface area contributed by atoms with Crippen LogP contribution in [0.1, 0.15) is 5.56 Å². The van der Waals surface area contributed by atoms with E-state index in [1.165, 1.54) is 16.4 Å². The summed E-state index contributed by atoms with van der Waals surface area (Å²) in [5.74, 6) is 0.385. The third-order valence-corrected chi connectivity index (χ3v) is 7.00. The predicted molar refractivity (Wildman–Crippen MR) is 136 cm³/mol. The Morgan fingerprint density at radius 3 is 2.26 bits per heavy atom. The molecule has 174 valence electrons. The minimum atomic E-state index is -3.92. The molecule has 0 unspecified atom stereocenters. The highest BCUT2D eigenvalue weighted by atomic mass is 35.5. The highest BCUT2D eigenvalue weighted by molar-refractivity contribution is 7.92. The quantitative estimate of drug-likeness (QED) is 0.290. The molecule has 0 saturated heterocycles. The number of para-hydroxylation sites is 1. The molecule has 4 aromatic rings. The number of sulfonamides is 1. The van der Waals surface area contributed by atoms with E-state index in [2.05, 4.69) is 10.3 Å². The van der Waals surface area contributed by atoms with Crippen molar-refractivity contribution in [3.8, 4) is 5.75 Å². The number of halogens is 1. The lowest BCUT2D eigenvalue weighted by atomic mass is 10.2. The Morgan fingerprint density at radius 2 is 1.56 bits per heavy atom. The first-order valence-corrected chi connectivity index (χ1v) is 12.5. The lowest BCUT2D eigenvalue weighted by molar-refractivity contribution is 0.332. The number of ether oxygens (including phenoxy) is 1. The SMILES string of the molecule is O=S(=O)(c1cc(Cl)cc(OCCNc2ccncc2)c1)N(Cc1ccccc1)c1ccccc1. The van der Waals surface area contributed by atoms with Crippen molar-refractivity contribution in [2.45, 2.75) is 11.4 Å². The van der Waals surface area contributed by atoms with Gasteiger partial charge in [0.05, 0.1) is 17.1 Å². The van der Waals surface area contributed by atoms with Crippen molar-refractivity contribution >= 4 is 33.0 Å². The molecule has 0 amide bonds. The molecule has 1 N–H and O–H groups in total. The molecule has 34 heavy (non-hydrogen) atoms. The zero-order valence-corrected chi connectivity index (χ0v) is 19.9. The van der Waals surface area contributed by atoms with Gasteiger partial charge in [-0.15, -0.1) is 0 Å². The largest absolute Gasteiger partial charge is 0.492 e. The van der Waals surface area contributed by atoms with Gasteiger partial charge in [-0.25, -0.2) is 8.42 Å². The number of aromatic nitrogens is 1. The van der Waals surface area contributed by atoms with Gasteiger partial charge in [-0.2, -0.15) is 0 Å². The third kappa shape index (κ3) is 6.07. The van der Waals surface area contributed by atoms with Gasteiger partial charge in [-0.3, -0.25) is 9.29 Å². The topological polar surface area (TPSA) is 71.5 Å². The summed E-state index contributed by atoms with van der Waals surface area (Å²) >= 11 is 6.29. The summed E-state index contributed by atoms with van der Waals surface area (Å²) in [6.07, 6.45) is 3.40. The number of benzene rings is 3. The maximum atomic E-state index is 13.8. The highest BCUT2D eigenvalue weighted by Gasteiger charge is 2.26. The maximum Gasteiger partial charge on any atom is 0.264 e. The van der Waals surface area contributed by atoms with E-state index in [1.54, 1.807) is 30.6 Å². The minimum Gasteiger partial charge on any atom is -0.492 e. The molecule has 0 aliphatic carbocycles. The van der Waals surface area contributed by atoms with Gasteiger partial charge in [0.1, 0.15) is 12.4 Å². The van der Waals surface area contributed by atoms with Gasteiger partial charge in [0, 0.05) is 35.7 Å². The van der Waals surface area contributed by atoms with Gasteiger partial charge < -0.3 is 10.1 Å². The van der Waals surface area contributed by atoms with E-state index in [9.17, 15) is 8.42 Å². The summed E-state index contributed by atoms with van der Waals surface area (Å²) in [6, 6.07) is 26.7. The molecule has 0 bridgehead atoms. The molecule has 1 heterocycles. The normalized spacial score (nSPS) is 11.1. The monoisotopic (exact) mass is 493 g/mol. The molecule has 0 saturated carbocycles. The van der Waals surface area contributed by atoms with Gasteiger partial charge in [0.2, 0.25) is 0 Å². The second kappa shape index (κ2) is 11.0. The highest BCUT2D eigenvalue weighted by Crippen LogP contribution is 2.30. The van der Waals surface area contributed by atoms with Crippen molar-refractivity contribution in [2.24, 2.45) is 0 Å². The van der Waals surface area contributed by atoms with Crippen LogP contribution in [0.2, 0.25) is 5.02 Å². The summed E-state index contributed by atoms with van der Waals surface area (Å²) < 4.78 is 34.7. The van der Waals surface area contributed by atoms with Crippen LogP contribution >= 0.6 is 11.6 Å². The lowest BCUT2D eigenvalue weighted by Gasteiger charge is -2.25. The molecule has 0 aliphatic rings. The molecule has 4 rings (SSSR count).